The Balaban J connectivity index is 2.36. The number of carbonyl (C=O) groups is 3. The summed E-state index contributed by atoms with van der Waals surface area (Å²) in [6.45, 7) is 5.06. The molecule has 1 saturated heterocycles. The summed E-state index contributed by atoms with van der Waals surface area (Å²) in [6, 6.07) is -0.900. The number of halogens is 1. The van der Waals surface area contributed by atoms with E-state index in [0.717, 1.165) is 4.58 Å². The Morgan fingerprint density at radius 3 is 2.75 bits per heavy atom. The number of methoxy groups -OCH3 is 1. The van der Waals surface area contributed by atoms with E-state index in [2.05, 4.69) is 12.0 Å². The van der Waals surface area contributed by atoms with Gasteiger partial charge in [-0.25, -0.2) is 9.18 Å². The summed E-state index contributed by atoms with van der Waals surface area (Å²) < 4.78 is 20.2. The van der Waals surface area contributed by atoms with Gasteiger partial charge in [-0.1, -0.05) is 0 Å². The van der Waals surface area contributed by atoms with E-state index in [1.165, 1.54) is 20.1 Å². The maximum Gasteiger partial charge on any atom is 0.420 e. The van der Waals surface area contributed by atoms with Crippen molar-refractivity contribution in [2.75, 3.05) is 7.11 Å². The number of amides is 3. The van der Waals surface area contributed by atoms with E-state index < -0.39 is 29.6 Å². The molecule has 24 heavy (non-hydrogen) atoms. The number of rotatable bonds is 3. The molecule has 1 atom stereocenters. The van der Waals surface area contributed by atoms with E-state index in [9.17, 15) is 18.8 Å². The molecule has 0 aromatic heterocycles. The number of ether oxygens (including phenoxy) is 1. The molecule has 1 aliphatic heterocycles. The van der Waals surface area contributed by atoms with Gasteiger partial charge in [-0.15, -0.1) is 0 Å². The molecule has 1 unspecified atom stereocenters. The summed E-state index contributed by atoms with van der Waals surface area (Å²) in [4.78, 5) is 35.8. The number of nitrogens with zero attached hydrogens (tertiary/aromatic N) is 1. The third-order valence-electron chi connectivity index (χ3n) is 4.05. The van der Waals surface area contributed by atoms with Gasteiger partial charge in [0.15, 0.2) is 0 Å². The number of nitrogens with one attached hydrogen (secondary N) is 1. The van der Waals surface area contributed by atoms with Gasteiger partial charge in [-0.2, -0.15) is 4.58 Å². The van der Waals surface area contributed by atoms with Crippen LogP contribution < -0.4 is 11.1 Å². The lowest BCUT2D eigenvalue weighted by atomic mass is 10.0. The zero-order valence-electron chi connectivity index (χ0n) is 13.5. The van der Waals surface area contributed by atoms with Crippen LogP contribution in [0.4, 0.5) is 4.39 Å². The normalized spacial score (nSPS) is 22.0. The fraction of sp³-hybridized carbons (Fsp3) is 0.375. The predicted molar refractivity (Wildman–Crippen MR) is 83.3 cm³/mol. The van der Waals surface area contributed by atoms with Crippen LogP contribution in [-0.2, 0) is 19.1 Å². The van der Waals surface area contributed by atoms with Gasteiger partial charge in [0.2, 0.25) is 11.9 Å². The zero-order chi connectivity index (χ0) is 18.0. The lowest BCUT2D eigenvalue weighted by Crippen LogP contribution is -2.50. The van der Waals surface area contributed by atoms with Gasteiger partial charge in [0.25, 0.3) is 5.91 Å². The van der Waals surface area contributed by atoms with Crippen molar-refractivity contribution in [3.05, 3.63) is 34.5 Å². The molecular weight excluding hydrogens is 317 g/mol. The number of hydrogen-bond donors (Lipinski definition) is 2. The molecule has 0 bridgehead atoms. The Kier molecular flexibility index (Phi) is 4.96. The van der Waals surface area contributed by atoms with E-state index in [4.69, 9.17) is 10.5 Å². The average molecular weight is 336 g/mol. The summed E-state index contributed by atoms with van der Waals surface area (Å²) in [7, 11) is 1.36. The first-order chi connectivity index (χ1) is 11.3. The molecule has 8 heteroatoms. The van der Waals surface area contributed by atoms with Crippen LogP contribution in [0.3, 0.4) is 0 Å². The van der Waals surface area contributed by atoms with Gasteiger partial charge in [0.05, 0.1) is 18.4 Å². The Bertz CT molecular complexity index is 734. The first-order valence-corrected chi connectivity index (χ1v) is 7.34. The minimum atomic E-state index is -0.900. The Morgan fingerprint density at radius 2 is 2.17 bits per heavy atom. The Morgan fingerprint density at radius 1 is 1.50 bits per heavy atom. The Labute approximate surface area is 138 Å². The largest absolute Gasteiger partial charge is 0.495 e. The summed E-state index contributed by atoms with van der Waals surface area (Å²) in [5, 5.41) is 2.16. The number of carbonyl (C=O) groups excluding carboxylic acids is 3. The summed E-state index contributed by atoms with van der Waals surface area (Å²) >= 11 is 0. The maximum atomic E-state index is 14.2. The van der Waals surface area contributed by atoms with Crippen LogP contribution in [0.1, 0.15) is 26.2 Å². The molecule has 2 aliphatic rings. The summed E-state index contributed by atoms with van der Waals surface area (Å²) in [5.41, 5.74) is 6.03. The number of nitrogens with two attached hydrogens (primary N) is 1. The van der Waals surface area contributed by atoms with Crippen LogP contribution >= 0.6 is 0 Å². The first-order valence-electron chi connectivity index (χ1n) is 7.34. The molecule has 7 nitrogen and oxygen atoms in total. The SMILES string of the molecule is C=[N+](C(=O)C1=CC(OC)=C(N)CC(F)=C1C)C1CCC(=O)NC1=O. The van der Waals surface area contributed by atoms with Crippen LogP contribution in [0.5, 0.6) is 0 Å². The minimum Gasteiger partial charge on any atom is -0.495 e. The number of hydrogen-bond acceptors (Lipinski definition) is 5. The van der Waals surface area contributed by atoms with Crippen molar-refractivity contribution in [1.29, 1.82) is 0 Å². The van der Waals surface area contributed by atoms with Gasteiger partial charge in [0.1, 0.15) is 18.3 Å². The molecule has 3 N–H and O–H groups in total. The minimum absolute atomic E-state index is 0.00417. The molecule has 1 heterocycles. The molecule has 0 saturated carbocycles. The third kappa shape index (κ3) is 3.27. The molecule has 0 aromatic carbocycles. The van der Waals surface area contributed by atoms with Crippen LogP contribution in [0.2, 0.25) is 0 Å². The smallest absolute Gasteiger partial charge is 0.420 e. The summed E-state index contributed by atoms with van der Waals surface area (Å²) in [6.07, 6.45) is 1.43. The van der Waals surface area contributed by atoms with Crippen molar-refractivity contribution < 1.29 is 28.1 Å². The number of allylic oxidation sites excluding steroid dienone is 2. The van der Waals surface area contributed by atoms with Crippen LogP contribution in [0.25, 0.3) is 0 Å². The first kappa shape index (κ1) is 17.6. The van der Waals surface area contributed by atoms with Gasteiger partial charge in [0, 0.05) is 19.3 Å². The lowest BCUT2D eigenvalue weighted by molar-refractivity contribution is -0.465. The second-order valence-electron chi connectivity index (χ2n) is 5.60. The molecule has 3 amide bonds. The van der Waals surface area contributed by atoms with E-state index in [1.54, 1.807) is 0 Å². The molecule has 2 rings (SSSR count). The molecule has 128 valence electrons. The highest BCUT2D eigenvalue weighted by Crippen LogP contribution is 2.28. The molecule has 1 fully saturated rings. The van der Waals surface area contributed by atoms with E-state index in [1.807, 2.05) is 0 Å². The van der Waals surface area contributed by atoms with Crippen LogP contribution in [0.15, 0.2) is 34.5 Å². The van der Waals surface area contributed by atoms with Gasteiger partial charge in [-0.05, 0) is 18.6 Å². The predicted octanol–water partition coefficient (Wildman–Crippen LogP) is 0.422. The molecule has 0 spiro atoms. The average Bonchev–Trinajstić information content (AvgIpc) is 2.63. The topological polar surface area (TPSA) is 102 Å². The standard InChI is InChI=1S/C16H18FN3O4/c1-8-9(6-13(24-3)11(18)7-10(8)17)16(23)20(2)12-4-5-14(21)19-15(12)22/h6,12H,2,4-5,7H2,1,3H3,(H2-,18,19,21,22,23)/p+1. The van der Waals surface area contributed by atoms with Crippen LogP contribution in [-0.4, -0.2) is 42.2 Å². The second kappa shape index (κ2) is 6.77. The van der Waals surface area contributed by atoms with Gasteiger partial charge < -0.3 is 10.5 Å². The van der Waals surface area contributed by atoms with Gasteiger partial charge in [-0.3, -0.25) is 14.9 Å². The third-order valence-corrected chi connectivity index (χ3v) is 4.05. The number of piperidine rings is 1. The Hall–Kier alpha value is -2.77. The van der Waals surface area contributed by atoms with Gasteiger partial charge >= 0.3 is 5.91 Å². The van der Waals surface area contributed by atoms with E-state index >= 15 is 0 Å². The molecular formula is C16H19FN3O4+. The molecule has 0 aromatic rings. The monoisotopic (exact) mass is 336 g/mol. The zero-order valence-corrected chi connectivity index (χ0v) is 13.5. The highest BCUT2D eigenvalue weighted by atomic mass is 19.1. The fourth-order valence-corrected chi connectivity index (χ4v) is 2.55. The highest BCUT2D eigenvalue weighted by Gasteiger charge is 2.40. The van der Waals surface area contributed by atoms with Crippen molar-refractivity contribution in [3.8, 4) is 0 Å². The summed E-state index contributed by atoms with van der Waals surface area (Å²) in [5.74, 6) is -2.03. The van der Waals surface area contributed by atoms with Crippen molar-refractivity contribution in [3.63, 3.8) is 0 Å². The lowest BCUT2D eigenvalue weighted by Gasteiger charge is -2.18. The molecule has 1 aliphatic carbocycles. The van der Waals surface area contributed by atoms with Crippen LogP contribution in [0, 0.1) is 0 Å². The molecule has 0 radical (unpaired) electrons. The van der Waals surface area contributed by atoms with Crippen molar-refractivity contribution >= 4 is 24.4 Å². The van der Waals surface area contributed by atoms with Crippen molar-refractivity contribution in [2.45, 2.75) is 32.2 Å². The highest BCUT2D eigenvalue weighted by molar-refractivity contribution is 6.01. The quantitative estimate of drug-likeness (QED) is 0.442. The van der Waals surface area contributed by atoms with Crippen molar-refractivity contribution in [1.82, 2.24) is 5.32 Å². The maximum absolute atomic E-state index is 14.2. The van der Waals surface area contributed by atoms with E-state index in [-0.39, 0.29) is 41.9 Å². The van der Waals surface area contributed by atoms with E-state index in [0.29, 0.717) is 0 Å². The number of imide groups is 1. The second-order valence-corrected chi connectivity index (χ2v) is 5.60. The van der Waals surface area contributed by atoms with Crippen molar-refractivity contribution in [2.24, 2.45) is 5.73 Å². The fourth-order valence-electron chi connectivity index (χ4n) is 2.55.